The molecule has 0 bridgehead atoms. The van der Waals surface area contributed by atoms with Crippen molar-refractivity contribution in [1.82, 2.24) is 30.2 Å². The summed E-state index contributed by atoms with van der Waals surface area (Å²) in [5.41, 5.74) is 2.90. The molecule has 3 heterocycles. The Kier molecular flexibility index (Phi) is 3.43. The highest BCUT2D eigenvalue weighted by atomic mass is 32.1. The van der Waals surface area contributed by atoms with Gasteiger partial charge in [-0.3, -0.25) is 4.98 Å². The molecule has 0 aliphatic heterocycles. The number of nitrogens with one attached hydrogen (secondary N) is 1. The third-order valence-corrected chi connectivity index (χ3v) is 4.36. The molecule has 0 unspecified atom stereocenters. The molecule has 0 atom stereocenters. The third kappa shape index (κ3) is 2.88. The van der Waals surface area contributed by atoms with Crippen molar-refractivity contribution in [3.63, 3.8) is 0 Å². The molecular formula is C15H13N7S. The summed E-state index contributed by atoms with van der Waals surface area (Å²) in [6.45, 7) is 0.499. The summed E-state index contributed by atoms with van der Waals surface area (Å²) in [4.78, 5) is 10.4. The normalized spacial score (nSPS) is 11.0. The van der Waals surface area contributed by atoms with Crippen LogP contribution in [0.1, 0.15) is 5.82 Å². The molecule has 1 N–H and O–H groups in total. The van der Waals surface area contributed by atoms with E-state index in [2.05, 4.69) is 36.8 Å². The quantitative estimate of drug-likeness (QED) is 0.621. The minimum absolute atomic E-state index is 0.499. The number of thiazole rings is 1. The summed E-state index contributed by atoms with van der Waals surface area (Å²) >= 11 is 1.66. The fourth-order valence-electron chi connectivity index (χ4n) is 2.22. The average Bonchev–Trinajstić information content (AvgIpc) is 3.19. The van der Waals surface area contributed by atoms with Crippen molar-refractivity contribution in [2.75, 3.05) is 5.32 Å². The van der Waals surface area contributed by atoms with Gasteiger partial charge in [0.15, 0.2) is 5.82 Å². The first kappa shape index (κ1) is 13.8. The maximum absolute atomic E-state index is 4.66. The lowest BCUT2D eigenvalue weighted by atomic mass is 10.2. The summed E-state index contributed by atoms with van der Waals surface area (Å²) in [6.07, 6.45) is 3.59. The number of fused-ring (bicyclic) bond motifs is 1. The van der Waals surface area contributed by atoms with Crippen molar-refractivity contribution in [2.24, 2.45) is 7.05 Å². The second-order valence-corrected chi connectivity index (χ2v) is 6.03. The van der Waals surface area contributed by atoms with Crippen molar-refractivity contribution >= 4 is 27.2 Å². The number of benzene rings is 1. The zero-order valence-electron chi connectivity index (χ0n) is 12.3. The number of tetrazole rings is 1. The Balaban J connectivity index is 1.58. The second kappa shape index (κ2) is 5.73. The van der Waals surface area contributed by atoms with Crippen LogP contribution in [0.3, 0.4) is 0 Å². The predicted molar refractivity (Wildman–Crippen MR) is 89.0 cm³/mol. The molecular weight excluding hydrogens is 310 g/mol. The highest BCUT2D eigenvalue weighted by Gasteiger charge is 2.07. The van der Waals surface area contributed by atoms with Gasteiger partial charge in [-0.2, -0.15) is 4.80 Å². The number of pyridine rings is 1. The van der Waals surface area contributed by atoms with Gasteiger partial charge in [0.05, 0.1) is 29.5 Å². The number of aryl methyl sites for hydroxylation is 1. The van der Waals surface area contributed by atoms with E-state index in [1.165, 1.54) is 9.50 Å². The Labute approximate surface area is 136 Å². The Morgan fingerprint density at radius 1 is 1.22 bits per heavy atom. The lowest BCUT2D eigenvalue weighted by molar-refractivity contribution is 0.628. The highest BCUT2D eigenvalue weighted by molar-refractivity contribution is 7.21. The van der Waals surface area contributed by atoms with Crippen LogP contribution in [0.15, 0.2) is 42.7 Å². The molecule has 0 spiro atoms. The van der Waals surface area contributed by atoms with Crippen LogP contribution in [0.2, 0.25) is 0 Å². The summed E-state index contributed by atoms with van der Waals surface area (Å²) in [6, 6.07) is 10.1. The summed E-state index contributed by atoms with van der Waals surface area (Å²) in [5, 5.41) is 16.1. The van der Waals surface area contributed by atoms with Gasteiger partial charge < -0.3 is 5.32 Å². The van der Waals surface area contributed by atoms with Crippen LogP contribution in [0, 0.1) is 0 Å². The minimum atomic E-state index is 0.499. The molecule has 0 fully saturated rings. The number of hydrogen-bond acceptors (Lipinski definition) is 7. The fourth-order valence-corrected chi connectivity index (χ4v) is 3.17. The Morgan fingerprint density at radius 2 is 2.13 bits per heavy atom. The fraction of sp³-hybridized carbons (Fsp3) is 0.133. The molecule has 114 valence electrons. The van der Waals surface area contributed by atoms with Crippen molar-refractivity contribution in [3.05, 3.63) is 48.5 Å². The van der Waals surface area contributed by atoms with Gasteiger partial charge in [-0.15, -0.1) is 21.5 Å². The van der Waals surface area contributed by atoms with E-state index in [1.807, 2.05) is 30.5 Å². The topological polar surface area (TPSA) is 81.4 Å². The van der Waals surface area contributed by atoms with E-state index in [-0.39, 0.29) is 0 Å². The van der Waals surface area contributed by atoms with Crippen LogP contribution < -0.4 is 5.32 Å². The summed E-state index contributed by atoms with van der Waals surface area (Å²) in [7, 11) is 1.74. The van der Waals surface area contributed by atoms with Crippen molar-refractivity contribution in [3.8, 4) is 10.6 Å². The van der Waals surface area contributed by atoms with Crippen LogP contribution in [0.25, 0.3) is 20.8 Å². The molecule has 0 amide bonds. The molecule has 0 saturated heterocycles. The number of anilines is 1. The van der Waals surface area contributed by atoms with E-state index < -0.39 is 0 Å². The van der Waals surface area contributed by atoms with Crippen LogP contribution in [0.5, 0.6) is 0 Å². The molecule has 23 heavy (non-hydrogen) atoms. The zero-order valence-corrected chi connectivity index (χ0v) is 13.2. The number of aromatic nitrogens is 6. The van der Waals surface area contributed by atoms with Gasteiger partial charge in [0.25, 0.3) is 0 Å². The Morgan fingerprint density at radius 3 is 2.96 bits per heavy atom. The molecule has 0 aliphatic rings. The summed E-state index contributed by atoms with van der Waals surface area (Å²) in [5.74, 6) is 0.637. The van der Waals surface area contributed by atoms with E-state index in [4.69, 9.17) is 0 Å². The van der Waals surface area contributed by atoms with E-state index in [0.717, 1.165) is 21.8 Å². The number of para-hydroxylation sites is 1. The smallest absolute Gasteiger partial charge is 0.193 e. The second-order valence-electron chi connectivity index (χ2n) is 5.00. The third-order valence-electron chi connectivity index (χ3n) is 3.28. The Bertz CT molecular complexity index is 926. The standard InChI is InChI=1S/C15H13N7S/c1-22-20-14(19-21-22)9-17-11-6-10(7-16-8-11)15-18-12-4-2-3-5-13(12)23-15/h2-8,17H,9H2,1H3. The van der Waals surface area contributed by atoms with E-state index in [0.29, 0.717) is 12.4 Å². The van der Waals surface area contributed by atoms with E-state index in [1.54, 1.807) is 24.6 Å². The lowest BCUT2D eigenvalue weighted by Crippen LogP contribution is -2.02. The number of hydrogen-bond donors (Lipinski definition) is 1. The number of rotatable bonds is 4. The molecule has 7 nitrogen and oxygen atoms in total. The molecule has 1 aromatic carbocycles. The van der Waals surface area contributed by atoms with Gasteiger partial charge in [0.2, 0.25) is 0 Å². The van der Waals surface area contributed by atoms with Crippen molar-refractivity contribution < 1.29 is 0 Å². The molecule has 0 radical (unpaired) electrons. The molecule has 4 rings (SSSR count). The SMILES string of the molecule is Cn1nnc(CNc2cncc(-c3nc4ccccc4s3)c2)n1. The van der Waals surface area contributed by atoms with Gasteiger partial charge in [0, 0.05) is 18.0 Å². The van der Waals surface area contributed by atoms with Crippen LogP contribution >= 0.6 is 11.3 Å². The molecule has 0 aliphatic carbocycles. The van der Waals surface area contributed by atoms with Gasteiger partial charge >= 0.3 is 0 Å². The Hall–Kier alpha value is -2.87. The monoisotopic (exact) mass is 323 g/mol. The molecule has 8 heteroatoms. The van der Waals surface area contributed by atoms with Crippen LogP contribution in [-0.2, 0) is 13.6 Å². The predicted octanol–water partition coefficient (Wildman–Crippen LogP) is 2.49. The summed E-state index contributed by atoms with van der Waals surface area (Å²) < 4.78 is 1.17. The van der Waals surface area contributed by atoms with Gasteiger partial charge in [-0.25, -0.2) is 4.98 Å². The van der Waals surface area contributed by atoms with Gasteiger partial charge in [-0.05, 0) is 23.4 Å². The number of nitrogens with zero attached hydrogens (tertiary/aromatic N) is 6. The first-order chi connectivity index (χ1) is 11.3. The molecule has 4 aromatic rings. The van der Waals surface area contributed by atoms with Crippen molar-refractivity contribution in [1.29, 1.82) is 0 Å². The maximum Gasteiger partial charge on any atom is 0.193 e. The lowest BCUT2D eigenvalue weighted by Gasteiger charge is -2.04. The first-order valence-electron chi connectivity index (χ1n) is 7.06. The average molecular weight is 323 g/mol. The van der Waals surface area contributed by atoms with Crippen LogP contribution in [-0.4, -0.2) is 30.2 Å². The van der Waals surface area contributed by atoms with Gasteiger partial charge in [0.1, 0.15) is 5.01 Å². The maximum atomic E-state index is 4.66. The first-order valence-corrected chi connectivity index (χ1v) is 7.87. The van der Waals surface area contributed by atoms with E-state index in [9.17, 15) is 0 Å². The minimum Gasteiger partial charge on any atom is -0.376 e. The highest BCUT2D eigenvalue weighted by Crippen LogP contribution is 2.30. The zero-order chi connectivity index (χ0) is 15.6. The largest absolute Gasteiger partial charge is 0.376 e. The van der Waals surface area contributed by atoms with Crippen LogP contribution in [0.4, 0.5) is 5.69 Å². The van der Waals surface area contributed by atoms with Crippen molar-refractivity contribution in [2.45, 2.75) is 6.54 Å². The van der Waals surface area contributed by atoms with Gasteiger partial charge in [-0.1, -0.05) is 12.1 Å². The van der Waals surface area contributed by atoms with E-state index >= 15 is 0 Å². The molecule has 0 saturated carbocycles. The molecule has 3 aromatic heterocycles.